The molecule has 0 aliphatic heterocycles. The summed E-state index contributed by atoms with van der Waals surface area (Å²) in [5.41, 5.74) is 7.30. The number of H-pyrrole nitrogens is 1. The predicted molar refractivity (Wildman–Crippen MR) is 73.6 cm³/mol. The van der Waals surface area contributed by atoms with E-state index in [-0.39, 0.29) is 5.69 Å². The molecule has 5 heteroatoms. The molecule has 0 aliphatic rings. The Balaban J connectivity index is 2.03. The summed E-state index contributed by atoms with van der Waals surface area (Å²) in [5.74, 6) is 2.03. The van der Waals surface area contributed by atoms with Crippen molar-refractivity contribution in [1.82, 2.24) is 9.55 Å². The van der Waals surface area contributed by atoms with Crippen LogP contribution in [-0.4, -0.2) is 27.6 Å². The molecule has 1 aromatic heterocycles. The van der Waals surface area contributed by atoms with E-state index in [1.54, 1.807) is 4.57 Å². The van der Waals surface area contributed by atoms with E-state index in [2.05, 4.69) is 4.98 Å². The SMILES string of the molecule is NCCSCCCn1c(=O)[nH]c2ccccc21. The summed E-state index contributed by atoms with van der Waals surface area (Å²) in [6, 6.07) is 7.78. The maximum absolute atomic E-state index is 11.7. The van der Waals surface area contributed by atoms with Crippen LogP contribution in [0.25, 0.3) is 11.0 Å². The third-order valence-corrected chi connectivity index (χ3v) is 3.72. The van der Waals surface area contributed by atoms with E-state index in [0.717, 1.165) is 42.0 Å². The van der Waals surface area contributed by atoms with Crippen molar-refractivity contribution in [2.45, 2.75) is 13.0 Å². The lowest BCUT2D eigenvalue weighted by Gasteiger charge is -2.03. The van der Waals surface area contributed by atoms with Gasteiger partial charge in [-0.3, -0.25) is 4.57 Å². The second-order valence-electron chi connectivity index (χ2n) is 3.85. The number of aromatic nitrogens is 2. The smallest absolute Gasteiger partial charge is 0.326 e. The molecule has 1 aromatic carbocycles. The third-order valence-electron chi connectivity index (χ3n) is 2.61. The Bertz CT molecular complexity index is 532. The fourth-order valence-electron chi connectivity index (χ4n) is 1.84. The van der Waals surface area contributed by atoms with Gasteiger partial charge < -0.3 is 10.7 Å². The van der Waals surface area contributed by atoms with E-state index >= 15 is 0 Å². The highest BCUT2D eigenvalue weighted by molar-refractivity contribution is 7.99. The second kappa shape index (κ2) is 5.93. The molecule has 0 bridgehead atoms. The van der Waals surface area contributed by atoms with Gasteiger partial charge in [-0.05, 0) is 24.3 Å². The minimum atomic E-state index is -0.0185. The Morgan fingerprint density at radius 3 is 2.94 bits per heavy atom. The van der Waals surface area contributed by atoms with Crippen LogP contribution in [-0.2, 0) is 6.54 Å². The van der Waals surface area contributed by atoms with Gasteiger partial charge >= 0.3 is 5.69 Å². The molecular weight excluding hydrogens is 234 g/mol. The number of aromatic amines is 1. The summed E-state index contributed by atoms with van der Waals surface area (Å²) in [5, 5.41) is 0. The minimum absolute atomic E-state index is 0.0185. The topological polar surface area (TPSA) is 63.8 Å². The Labute approximate surface area is 104 Å². The maximum atomic E-state index is 11.7. The van der Waals surface area contributed by atoms with Crippen LogP contribution in [0.15, 0.2) is 29.1 Å². The second-order valence-corrected chi connectivity index (χ2v) is 5.08. The zero-order valence-electron chi connectivity index (χ0n) is 9.69. The Morgan fingerprint density at radius 1 is 1.29 bits per heavy atom. The van der Waals surface area contributed by atoms with Crippen molar-refractivity contribution in [3.8, 4) is 0 Å². The molecule has 0 amide bonds. The number of para-hydroxylation sites is 2. The molecular formula is C12H17N3OS. The van der Waals surface area contributed by atoms with Gasteiger partial charge in [0.2, 0.25) is 0 Å². The number of thioether (sulfide) groups is 1. The molecule has 3 N–H and O–H groups in total. The van der Waals surface area contributed by atoms with Gasteiger partial charge in [-0.25, -0.2) is 4.79 Å². The summed E-state index contributed by atoms with van der Waals surface area (Å²) < 4.78 is 1.80. The number of imidazole rings is 1. The number of aryl methyl sites for hydroxylation is 1. The van der Waals surface area contributed by atoms with Crippen molar-refractivity contribution in [2.24, 2.45) is 5.73 Å². The number of hydrogen-bond acceptors (Lipinski definition) is 3. The van der Waals surface area contributed by atoms with Crippen molar-refractivity contribution in [2.75, 3.05) is 18.1 Å². The average molecular weight is 251 g/mol. The molecule has 0 radical (unpaired) electrons. The third kappa shape index (κ3) is 2.92. The molecule has 0 unspecified atom stereocenters. The molecule has 0 spiro atoms. The Morgan fingerprint density at radius 2 is 2.12 bits per heavy atom. The van der Waals surface area contributed by atoms with Crippen LogP contribution in [0, 0.1) is 0 Å². The van der Waals surface area contributed by atoms with Crippen molar-refractivity contribution in [3.63, 3.8) is 0 Å². The quantitative estimate of drug-likeness (QED) is 0.763. The normalized spacial score (nSPS) is 11.1. The number of nitrogens with zero attached hydrogens (tertiary/aromatic N) is 1. The lowest BCUT2D eigenvalue weighted by Crippen LogP contribution is -2.17. The van der Waals surface area contributed by atoms with Crippen LogP contribution < -0.4 is 11.4 Å². The van der Waals surface area contributed by atoms with E-state index in [4.69, 9.17) is 5.73 Å². The molecule has 1 heterocycles. The summed E-state index contributed by atoms with van der Waals surface area (Å²) >= 11 is 1.84. The number of rotatable bonds is 6. The molecule has 4 nitrogen and oxygen atoms in total. The number of fused-ring (bicyclic) bond motifs is 1. The molecule has 0 aliphatic carbocycles. The minimum Gasteiger partial charge on any atom is -0.330 e. The van der Waals surface area contributed by atoms with Gasteiger partial charge in [0, 0.05) is 18.8 Å². The number of nitrogens with two attached hydrogens (primary N) is 1. The van der Waals surface area contributed by atoms with E-state index in [1.807, 2.05) is 36.0 Å². The van der Waals surface area contributed by atoms with Crippen LogP contribution in [0.1, 0.15) is 6.42 Å². The number of nitrogens with one attached hydrogen (secondary N) is 1. The monoisotopic (exact) mass is 251 g/mol. The zero-order valence-corrected chi connectivity index (χ0v) is 10.5. The number of benzene rings is 1. The lowest BCUT2D eigenvalue weighted by molar-refractivity contribution is 0.679. The van der Waals surface area contributed by atoms with Crippen molar-refractivity contribution >= 4 is 22.8 Å². The van der Waals surface area contributed by atoms with Crippen LogP contribution in [0.3, 0.4) is 0 Å². The fraction of sp³-hybridized carbons (Fsp3) is 0.417. The standard InChI is InChI=1S/C12H17N3OS/c13-6-9-17-8-3-7-15-11-5-2-1-4-10(11)14-12(15)16/h1-2,4-5H,3,6-9,13H2,(H,14,16). The van der Waals surface area contributed by atoms with E-state index < -0.39 is 0 Å². The van der Waals surface area contributed by atoms with Gasteiger partial charge in [-0.15, -0.1) is 0 Å². The summed E-state index contributed by atoms with van der Waals surface area (Å²) in [4.78, 5) is 14.6. The lowest BCUT2D eigenvalue weighted by atomic mass is 10.3. The van der Waals surface area contributed by atoms with Gasteiger partial charge in [-0.2, -0.15) is 11.8 Å². The average Bonchev–Trinajstić information content (AvgIpc) is 2.65. The Kier molecular flexibility index (Phi) is 4.28. The van der Waals surface area contributed by atoms with Crippen LogP contribution in [0.5, 0.6) is 0 Å². The predicted octanol–water partition coefficient (Wildman–Crippen LogP) is 1.41. The highest BCUT2D eigenvalue weighted by Crippen LogP contribution is 2.10. The number of hydrogen-bond donors (Lipinski definition) is 2. The van der Waals surface area contributed by atoms with E-state index in [9.17, 15) is 4.79 Å². The van der Waals surface area contributed by atoms with Crippen molar-refractivity contribution in [3.05, 3.63) is 34.7 Å². The molecule has 17 heavy (non-hydrogen) atoms. The first kappa shape index (κ1) is 12.3. The fourth-order valence-corrected chi connectivity index (χ4v) is 2.54. The van der Waals surface area contributed by atoms with Gasteiger partial charge in [0.1, 0.15) is 0 Å². The first-order chi connectivity index (χ1) is 8.33. The van der Waals surface area contributed by atoms with Crippen LogP contribution >= 0.6 is 11.8 Å². The summed E-state index contributed by atoms with van der Waals surface area (Å²) in [7, 11) is 0. The van der Waals surface area contributed by atoms with Crippen LogP contribution in [0.2, 0.25) is 0 Å². The van der Waals surface area contributed by atoms with Crippen molar-refractivity contribution in [1.29, 1.82) is 0 Å². The van der Waals surface area contributed by atoms with E-state index in [0.29, 0.717) is 0 Å². The molecule has 2 rings (SSSR count). The zero-order chi connectivity index (χ0) is 12.1. The molecule has 92 valence electrons. The first-order valence-corrected chi connectivity index (χ1v) is 6.94. The van der Waals surface area contributed by atoms with Crippen LogP contribution in [0.4, 0.5) is 0 Å². The highest BCUT2D eigenvalue weighted by Gasteiger charge is 2.04. The largest absolute Gasteiger partial charge is 0.330 e. The van der Waals surface area contributed by atoms with Gasteiger partial charge in [0.15, 0.2) is 0 Å². The summed E-state index contributed by atoms with van der Waals surface area (Å²) in [6.07, 6.45) is 0.992. The first-order valence-electron chi connectivity index (χ1n) is 5.78. The van der Waals surface area contributed by atoms with Gasteiger partial charge in [0.25, 0.3) is 0 Å². The molecule has 0 saturated carbocycles. The maximum Gasteiger partial charge on any atom is 0.326 e. The van der Waals surface area contributed by atoms with Gasteiger partial charge in [0.05, 0.1) is 11.0 Å². The molecule has 0 saturated heterocycles. The summed E-state index contributed by atoms with van der Waals surface area (Å²) in [6.45, 7) is 1.48. The molecule has 2 aromatic rings. The van der Waals surface area contributed by atoms with E-state index in [1.165, 1.54) is 0 Å². The highest BCUT2D eigenvalue weighted by atomic mass is 32.2. The van der Waals surface area contributed by atoms with Gasteiger partial charge in [-0.1, -0.05) is 12.1 Å². The Hall–Kier alpha value is -1.20. The van der Waals surface area contributed by atoms with Crippen molar-refractivity contribution < 1.29 is 0 Å². The molecule has 0 atom stereocenters. The molecule has 0 fully saturated rings.